The van der Waals surface area contributed by atoms with Crippen molar-refractivity contribution in [1.29, 1.82) is 0 Å². The topological polar surface area (TPSA) is 101 Å². The van der Waals surface area contributed by atoms with Gasteiger partial charge in [0.05, 0.1) is 17.6 Å². The predicted octanol–water partition coefficient (Wildman–Crippen LogP) is 0.661. The van der Waals surface area contributed by atoms with E-state index >= 15 is 0 Å². The Balaban J connectivity index is 1.51. The molecule has 1 atom stereocenters. The molecule has 1 heterocycles. The Labute approximate surface area is 175 Å². The van der Waals surface area contributed by atoms with Crippen molar-refractivity contribution in [3.05, 3.63) is 64.1 Å². The van der Waals surface area contributed by atoms with Crippen LogP contribution >= 0.6 is 0 Å². The lowest BCUT2D eigenvalue weighted by Crippen LogP contribution is -2.28. The zero-order valence-electron chi connectivity index (χ0n) is 17.5. The summed E-state index contributed by atoms with van der Waals surface area (Å²) in [6, 6.07) is 13.2. The van der Waals surface area contributed by atoms with Gasteiger partial charge in [0, 0.05) is 40.3 Å². The molecule has 0 amide bonds. The van der Waals surface area contributed by atoms with Crippen LogP contribution in [0, 0.1) is 0 Å². The summed E-state index contributed by atoms with van der Waals surface area (Å²) < 4.78 is 8.90. The third-order valence-corrected chi connectivity index (χ3v) is 5.11. The molecule has 3 aromatic rings. The molecule has 1 aromatic heterocycles. The van der Waals surface area contributed by atoms with Gasteiger partial charge in [-0.2, -0.15) is 0 Å². The normalized spacial score (nSPS) is 12.4. The number of aryl methyl sites for hydroxylation is 2. The minimum Gasteiger partial charge on any atom is -0.491 e. The van der Waals surface area contributed by atoms with Gasteiger partial charge in [-0.25, -0.2) is 4.79 Å². The lowest BCUT2D eigenvalue weighted by Gasteiger charge is -2.14. The van der Waals surface area contributed by atoms with Crippen LogP contribution in [0.3, 0.4) is 0 Å². The van der Waals surface area contributed by atoms with E-state index in [0.717, 1.165) is 36.2 Å². The zero-order valence-corrected chi connectivity index (χ0v) is 17.5. The first-order valence-electron chi connectivity index (χ1n) is 10.1. The van der Waals surface area contributed by atoms with Crippen molar-refractivity contribution in [2.45, 2.75) is 12.6 Å². The third-order valence-electron chi connectivity index (χ3n) is 5.11. The van der Waals surface area contributed by atoms with Gasteiger partial charge < -0.3 is 25.6 Å². The molecule has 2 aromatic carbocycles. The van der Waals surface area contributed by atoms with Gasteiger partial charge in [-0.3, -0.25) is 9.13 Å². The summed E-state index contributed by atoms with van der Waals surface area (Å²) in [4.78, 5) is 12.1. The summed E-state index contributed by atoms with van der Waals surface area (Å²) in [7, 11) is 3.46. The quantitative estimate of drug-likeness (QED) is 0.344. The van der Waals surface area contributed by atoms with Gasteiger partial charge in [0.25, 0.3) is 0 Å². The second-order valence-electron chi connectivity index (χ2n) is 7.27. The van der Waals surface area contributed by atoms with Crippen LogP contribution in [0.2, 0.25) is 0 Å². The number of hydrogen-bond acceptors (Lipinski definition) is 6. The molecule has 0 bridgehead atoms. The number of rotatable bonds is 11. The summed E-state index contributed by atoms with van der Waals surface area (Å²) in [5.74, 6) is 0.690. The second-order valence-corrected chi connectivity index (χ2v) is 7.27. The molecular formula is C22H30N4O4. The number of imidazole rings is 1. The Morgan fingerprint density at radius 2 is 1.67 bits per heavy atom. The van der Waals surface area contributed by atoms with Crippen molar-refractivity contribution in [3.63, 3.8) is 0 Å². The molecular weight excluding hydrogens is 384 g/mol. The van der Waals surface area contributed by atoms with Crippen LogP contribution in [0.5, 0.6) is 5.75 Å². The number of nitrogens with one attached hydrogen (secondary N) is 2. The van der Waals surface area contributed by atoms with Crippen molar-refractivity contribution >= 4 is 11.0 Å². The molecule has 0 saturated carbocycles. The van der Waals surface area contributed by atoms with E-state index in [0.29, 0.717) is 17.9 Å². The Morgan fingerprint density at radius 1 is 0.967 bits per heavy atom. The Bertz CT molecular complexity index is 1010. The first kappa shape index (κ1) is 22.0. The van der Waals surface area contributed by atoms with Gasteiger partial charge in [-0.15, -0.1) is 0 Å². The van der Waals surface area contributed by atoms with Gasteiger partial charge in [-0.1, -0.05) is 18.2 Å². The SMILES string of the molecule is Cn1c(=O)n(C)c2cc([C@@H](O)COc3ccc(CNCCNCCO)cc3)ccc21. The average Bonchev–Trinajstić information content (AvgIpc) is 2.99. The van der Waals surface area contributed by atoms with Crippen LogP contribution in [0.1, 0.15) is 17.2 Å². The van der Waals surface area contributed by atoms with Gasteiger partial charge in [0.1, 0.15) is 18.5 Å². The molecule has 4 N–H and O–H groups in total. The van der Waals surface area contributed by atoms with E-state index in [4.69, 9.17) is 9.84 Å². The van der Waals surface area contributed by atoms with Crippen LogP contribution in [-0.2, 0) is 20.6 Å². The summed E-state index contributed by atoms with van der Waals surface area (Å²) in [5.41, 5.74) is 3.36. The number of hydrogen-bond donors (Lipinski definition) is 4. The molecule has 8 nitrogen and oxygen atoms in total. The van der Waals surface area contributed by atoms with Crippen molar-refractivity contribution in [3.8, 4) is 5.75 Å². The van der Waals surface area contributed by atoms with E-state index < -0.39 is 6.10 Å². The Hall–Kier alpha value is -2.65. The summed E-state index contributed by atoms with van der Waals surface area (Å²) in [6.45, 7) is 3.26. The van der Waals surface area contributed by atoms with Gasteiger partial charge >= 0.3 is 5.69 Å². The summed E-state index contributed by atoms with van der Waals surface area (Å²) >= 11 is 0. The molecule has 30 heavy (non-hydrogen) atoms. The molecule has 8 heteroatoms. The monoisotopic (exact) mass is 414 g/mol. The van der Waals surface area contributed by atoms with E-state index in [1.807, 2.05) is 42.5 Å². The minimum atomic E-state index is -0.794. The van der Waals surface area contributed by atoms with E-state index in [1.54, 1.807) is 23.2 Å². The van der Waals surface area contributed by atoms with Crippen LogP contribution in [0.4, 0.5) is 0 Å². The molecule has 0 spiro atoms. The molecule has 0 aliphatic heterocycles. The highest BCUT2D eigenvalue weighted by atomic mass is 16.5. The lowest BCUT2D eigenvalue weighted by atomic mass is 10.1. The molecule has 3 rings (SSSR count). The van der Waals surface area contributed by atoms with Crippen molar-refractivity contribution in [2.24, 2.45) is 14.1 Å². The summed E-state index contributed by atoms with van der Waals surface area (Å²) in [6.07, 6.45) is -0.794. The number of ether oxygens (including phenoxy) is 1. The van der Waals surface area contributed by atoms with E-state index in [-0.39, 0.29) is 18.9 Å². The first-order valence-corrected chi connectivity index (χ1v) is 10.1. The van der Waals surface area contributed by atoms with Crippen LogP contribution in [-0.4, -0.2) is 52.2 Å². The van der Waals surface area contributed by atoms with Gasteiger partial charge in [-0.05, 0) is 35.4 Å². The predicted molar refractivity (Wildman–Crippen MR) is 117 cm³/mol. The molecule has 0 radical (unpaired) electrons. The lowest BCUT2D eigenvalue weighted by molar-refractivity contribution is 0.108. The third kappa shape index (κ3) is 5.28. The molecule has 0 fully saturated rings. The largest absolute Gasteiger partial charge is 0.491 e. The number of aliphatic hydroxyl groups excluding tert-OH is 2. The fraction of sp³-hybridized carbons (Fsp3) is 0.409. The van der Waals surface area contributed by atoms with E-state index in [1.165, 1.54) is 0 Å². The highest BCUT2D eigenvalue weighted by molar-refractivity contribution is 5.76. The van der Waals surface area contributed by atoms with Crippen LogP contribution in [0.15, 0.2) is 47.3 Å². The first-order chi connectivity index (χ1) is 14.5. The number of aromatic nitrogens is 2. The summed E-state index contributed by atoms with van der Waals surface area (Å²) in [5, 5.41) is 25.7. The number of nitrogens with zero attached hydrogens (tertiary/aromatic N) is 2. The smallest absolute Gasteiger partial charge is 0.328 e. The van der Waals surface area contributed by atoms with Gasteiger partial charge in [0.15, 0.2) is 0 Å². The highest BCUT2D eigenvalue weighted by Gasteiger charge is 2.13. The minimum absolute atomic E-state index is 0.0936. The average molecular weight is 415 g/mol. The molecule has 0 aliphatic rings. The van der Waals surface area contributed by atoms with E-state index in [9.17, 15) is 9.90 Å². The molecule has 0 aliphatic carbocycles. The van der Waals surface area contributed by atoms with Crippen LogP contribution in [0.25, 0.3) is 11.0 Å². The highest BCUT2D eigenvalue weighted by Crippen LogP contribution is 2.21. The van der Waals surface area contributed by atoms with Crippen molar-refractivity contribution in [2.75, 3.05) is 32.8 Å². The number of benzene rings is 2. The fourth-order valence-corrected chi connectivity index (χ4v) is 3.32. The maximum absolute atomic E-state index is 12.1. The van der Waals surface area contributed by atoms with Crippen molar-refractivity contribution in [1.82, 2.24) is 19.8 Å². The van der Waals surface area contributed by atoms with Crippen molar-refractivity contribution < 1.29 is 14.9 Å². The van der Waals surface area contributed by atoms with Gasteiger partial charge in [0.2, 0.25) is 0 Å². The van der Waals surface area contributed by atoms with Crippen LogP contribution < -0.4 is 21.1 Å². The maximum atomic E-state index is 12.1. The van der Waals surface area contributed by atoms with E-state index in [2.05, 4.69) is 10.6 Å². The number of fused-ring (bicyclic) bond motifs is 1. The zero-order chi connectivity index (χ0) is 21.5. The Morgan fingerprint density at radius 3 is 2.40 bits per heavy atom. The molecule has 0 saturated heterocycles. The molecule has 162 valence electrons. The molecule has 0 unspecified atom stereocenters. The fourth-order valence-electron chi connectivity index (χ4n) is 3.32. The standard InChI is InChI=1S/C22H30N4O4/c1-25-19-8-5-17(13-20(19)26(2)22(25)29)21(28)15-30-18-6-3-16(4-7-18)14-24-10-9-23-11-12-27/h3-8,13,21,23-24,27-28H,9-12,14-15H2,1-2H3/t21-/m0/s1. The maximum Gasteiger partial charge on any atom is 0.328 e. The Kier molecular flexibility index (Phi) is 7.64. The number of aliphatic hydroxyl groups is 2. The second kappa shape index (κ2) is 10.4.